The van der Waals surface area contributed by atoms with Crippen LogP contribution in [0.4, 0.5) is 0 Å². The Kier molecular flexibility index (Phi) is 2.60. The third-order valence-electron chi connectivity index (χ3n) is 3.22. The van der Waals surface area contributed by atoms with Gasteiger partial charge in [0.05, 0.1) is 5.56 Å². The number of aromatic carboxylic acids is 1. The van der Waals surface area contributed by atoms with E-state index in [0.717, 1.165) is 16.6 Å². The molecule has 0 bridgehead atoms. The lowest BCUT2D eigenvalue weighted by atomic mass is 10.1. The molecule has 0 radical (unpaired) electrons. The number of aryl methyl sites for hydroxylation is 1. The number of pyridine rings is 1. The molecule has 0 fully saturated rings. The van der Waals surface area contributed by atoms with Crippen LogP contribution in [-0.2, 0) is 0 Å². The summed E-state index contributed by atoms with van der Waals surface area (Å²) in [4.78, 5) is 10.9. The molecule has 94 valence electrons. The van der Waals surface area contributed by atoms with Crippen molar-refractivity contribution >= 4 is 11.5 Å². The molecule has 1 N–H and O–H groups in total. The minimum Gasteiger partial charge on any atom is -0.478 e. The molecule has 19 heavy (non-hydrogen) atoms. The van der Waals surface area contributed by atoms with Crippen molar-refractivity contribution in [3.63, 3.8) is 0 Å². The van der Waals surface area contributed by atoms with Crippen molar-refractivity contribution in [3.05, 3.63) is 66.0 Å². The third-order valence-corrected chi connectivity index (χ3v) is 3.22. The van der Waals surface area contributed by atoms with Crippen LogP contribution >= 0.6 is 0 Å². The van der Waals surface area contributed by atoms with E-state index in [9.17, 15) is 4.79 Å². The Morgan fingerprint density at radius 1 is 1.00 bits per heavy atom. The van der Waals surface area contributed by atoms with E-state index in [1.807, 2.05) is 22.7 Å². The smallest absolute Gasteiger partial charge is 0.337 e. The van der Waals surface area contributed by atoms with Crippen LogP contribution in [0.15, 0.2) is 54.9 Å². The maximum Gasteiger partial charge on any atom is 0.337 e. The van der Waals surface area contributed by atoms with Gasteiger partial charge in [0.25, 0.3) is 0 Å². The van der Waals surface area contributed by atoms with E-state index >= 15 is 0 Å². The second-order valence-electron chi connectivity index (χ2n) is 4.65. The van der Waals surface area contributed by atoms with Crippen LogP contribution < -0.4 is 0 Å². The second kappa shape index (κ2) is 4.28. The van der Waals surface area contributed by atoms with Crippen molar-refractivity contribution in [2.45, 2.75) is 6.92 Å². The van der Waals surface area contributed by atoms with E-state index in [1.54, 1.807) is 12.3 Å². The van der Waals surface area contributed by atoms with Gasteiger partial charge in [-0.05, 0) is 30.2 Å². The van der Waals surface area contributed by atoms with E-state index < -0.39 is 5.97 Å². The fourth-order valence-corrected chi connectivity index (χ4v) is 2.14. The number of carbonyl (C=O) groups is 1. The minimum absolute atomic E-state index is 0.307. The lowest BCUT2D eigenvalue weighted by molar-refractivity contribution is 0.0697. The monoisotopic (exact) mass is 251 g/mol. The quantitative estimate of drug-likeness (QED) is 0.756. The van der Waals surface area contributed by atoms with Crippen molar-refractivity contribution in [3.8, 4) is 11.1 Å². The Morgan fingerprint density at radius 2 is 1.68 bits per heavy atom. The molecule has 0 saturated heterocycles. The number of hydrogen-bond acceptors (Lipinski definition) is 1. The highest BCUT2D eigenvalue weighted by atomic mass is 16.4. The molecule has 3 nitrogen and oxygen atoms in total. The first kappa shape index (κ1) is 11.5. The molecule has 0 unspecified atom stereocenters. The number of benzene rings is 1. The summed E-state index contributed by atoms with van der Waals surface area (Å²) in [7, 11) is 0. The van der Waals surface area contributed by atoms with Crippen LogP contribution in [0.1, 0.15) is 15.9 Å². The fourth-order valence-electron chi connectivity index (χ4n) is 2.14. The molecule has 3 rings (SSSR count). The van der Waals surface area contributed by atoms with Gasteiger partial charge in [-0.15, -0.1) is 0 Å². The lowest BCUT2D eigenvalue weighted by Crippen LogP contribution is -1.92. The molecule has 0 amide bonds. The zero-order chi connectivity index (χ0) is 13.4. The van der Waals surface area contributed by atoms with Crippen LogP contribution in [0.2, 0.25) is 0 Å². The largest absolute Gasteiger partial charge is 0.478 e. The van der Waals surface area contributed by atoms with Crippen molar-refractivity contribution in [2.24, 2.45) is 0 Å². The summed E-state index contributed by atoms with van der Waals surface area (Å²) in [6.45, 7) is 2.05. The highest BCUT2D eigenvalue weighted by Crippen LogP contribution is 2.21. The first-order valence-corrected chi connectivity index (χ1v) is 6.05. The lowest BCUT2D eigenvalue weighted by Gasteiger charge is -2.03. The van der Waals surface area contributed by atoms with Gasteiger partial charge in [0.1, 0.15) is 0 Å². The van der Waals surface area contributed by atoms with Crippen molar-refractivity contribution in [1.82, 2.24) is 4.40 Å². The molecule has 0 aliphatic heterocycles. The number of rotatable bonds is 2. The van der Waals surface area contributed by atoms with Gasteiger partial charge in [-0.2, -0.15) is 0 Å². The number of carboxylic acids is 1. The predicted octanol–water partition coefficient (Wildman–Crippen LogP) is 3.61. The summed E-state index contributed by atoms with van der Waals surface area (Å²) in [6, 6.07) is 13.9. The Bertz CT molecular complexity index is 754. The Hall–Kier alpha value is -2.55. The molecule has 3 aromatic rings. The summed E-state index contributed by atoms with van der Waals surface area (Å²) in [6.07, 6.45) is 3.59. The van der Waals surface area contributed by atoms with Gasteiger partial charge in [0, 0.05) is 17.9 Å². The maximum absolute atomic E-state index is 10.9. The highest BCUT2D eigenvalue weighted by Gasteiger charge is 2.07. The summed E-state index contributed by atoms with van der Waals surface area (Å²) >= 11 is 0. The molecule has 0 saturated carbocycles. The number of carboxylic acid groups (broad SMARTS) is 1. The van der Waals surface area contributed by atoms with E-state index in [2.05, 4.69) is 31.2 Å². The van der Waals surface area contributed by atoms with Gasteiger partial charge in [-0.25, -0.2) is 4.79 Å². The summed E-state index contributed by atoms with van der Waals surface area (Å²) in [5.41, 5.74) is 4.60. The maximum atomic E-state index is 10.9. The Labute approximate surface area is 110 Å². The first-order chi connectivity index (χ1) is 9.13. The topological polar surface area (TPSA) is 41.7 Å². The van der Waals surface area contributed by atoms with Gasteiger partial charge in [-0.1, -0.05) is 35.9 Å². The number of hydrogen-bond donors (Lipinski definition) is 1. The van der Waals surface area contributed by atoms with Gasteiger partial charge in [0.2, 0.25) is 0 Å². The molecule has 1 aromatic carbocycles. The molecular weight excluding hydrogens is 238 g/mol. The van der Waals surface area contributed by atoms with E-state index in [4.69, 9.17) is 5.11 Å². The van der Waals surface area contributed by atoms with Crippen LogP contribution in [0.5, 0.6) is 0 Å². The summed E-state index contributed by atoms with van der Waals surface area (Å²) in [5, 5.41) is 8.99. The Morgan fingerprint density at radius 3 is 2.37 bits per heavy atom. The van der Waals surface area contributed by atoms with Crippen LogP contribution in [0.25, 0.3) is 16.6 Å². The molecule has 0 aliphatic rings. The van der Waals surface area contributed by atoms with E-state index in [1.165, 1.54) is 5.56 Å². The fraction of sp³-hybridized carbons (Fsp3) is 0.0625. The number of nitrogens with zero attached hydrogens (tertiary/aromatic N) is 1. The molecular formula is C16H13NO2. The average molecular weight is 251 g/mol. The third kappa shape index (κ3) is 2.10. The number of aromatic nitrogens is 1. The SMILES string of the molecule is Cc1ccc(-c2ccc3cc(C(=O)O)cn3c2)cc1. The van der Waals surface area contributed by atoms with Crippen LogP contribution in [-0.4, -0.2) is 15.5 Å². The van der Waals surface area contributed by atoms with Crippen molar-refractivity contribution in [1.29, 1.82) is 0 Å². The van der Waals surface area contributed by atoms with E-state index in [-0.39, 0.29) is 0 Å². The van der Waals surface area contributed by atoms with E-state index in [0.29, 0.717) is 5.56 Å². The standard InChI is InChI=1S/C16H13NO2/c1-11-2-4-12(5-3-11)13-6-7-15-8-14(16(18)19)10-17(15)9-13/h2-10H,1H3,(H,18,19). The molecule has 3 heteroatoms. The molecule has 0 spiro atoms. The molecule has 0 aliphatic carbocycles. The second-order valence-corrected chi connectivity index (χ2v) is 4.65. The summed E-state index contributed by atoms with van der Waals surface area (Å²) in [5.74, 6) is -0.902. The average Bonchev–Trinajstić information content (AvgIpc) is 2.82. The van der Waals surface area contributed by atoms with Crippen LogP contribution in [0, 0.1) is 6.92 Å². The van der Waals surface area contributed by atoms with Crippen molar-refractivity contribution in [2.75, 3.05) is 0 Å². The zero-order valence-corrected chi connectivity index (χ0v) is 10.5. The summed E-state index contributed by atoms with van der Waals surface area (Å²) < 4.78 is 1.85. The van der Waals surface area contributed by atoms with Gasteiger partial charge in [0.15, 0.2) is 0 Å². The van der Waals surface area contributed by atoms with Crippen molar-refractivity contribution < 1.29 is 9.90 Å². The zero-order valence-electron chi connectivity index (χ0n) is 10.5. The van der Waals surface area contributed by atoms with Gasteiger partial charge in [-0.3, -0.25) is 0 Å². The molecule has 2 aromatic heterocycles. The van der Waals surface area contributed by atoms with Crippen LogP contribution in [0.3, 0.4) is 0 Å². The van der Waals surface area contributed by atoms with Gasteiger partial charge < -0.3 is 9.51 Å². The molecule has 0 atom stereocenters. The first-order valence-electron chi connectivity index (χ1n) is 6.05. The highest BCUT2D eigenvalue weighted by molar-refractivity contribution is 5.89. The Balaban J connectivity index is 2.10. The minimum atomic E-state index is -0.902. The predicted molar refractivity (Wildman–Crippen MR) is 74.5 cm³/mol. The molecule has 2 heterocycles. The number of fused-ring (bicyclic) bond motifs is 1. The van der Waals surface area contributed by atoms with Gasteiger partial charge >= 0.3 is 5.97 Å². The normalized spacial score (nSPS) is 10.8.